The van der Waals surface area contributed by atoms with E-state index in [1.807, 2.05) is 0 Å². The Bertz CT molecular complexity index is 243. The Morgan fingerprint density at radius 3 is 2.58 bits per heavy atom. The molecule has 4 unspecified atom stereocenters. The molecular formula is C10H12O2. The van der Waals surface area contributed by atoms with Gasteiger partial charge in [-0.2, -0.15) is 0 Å². The van der Waals surface area contributed by atoms with E-state index in [-0.39, 0.29) is 11.9 Å². The van der Waals surface area contributed by atoms with E-state index in [4.69, 9.17) is 4.74 Å². The van der Waals surface area contributed by atoms with Crippen LogP contribution in [0.2, 0.25) is 0 Å². The lowest BCUT2D eigenvalue weighted by Crippen LogP contribution is -2.22. The van der Waals surface area contributed by atoms with Gasteiger partial charge in [0.25, 0.3) is 0 Å². The average Bonchev–Trinajstić information content (AvgIpc) is 2.64. The third kappa shape index (κ3) is 0.598. The maximum Gasteiger partial charge on any atom is 0.315 e. The Morgan fingerprint density at radius 1 is 1.25 bits per heavy atom. The van der Waals surface area contributed by atoms with E-state index in [1.54, 1.807) is 0 Å². The lowest BCUT2D eigenvalue weighted by Gasteiger charge is -2.19. The van der Waals surface area contributed by atoms with Crippen LogP contribution in [0.4, 0.5) is 0 Å². The SMILES string of the molecule is C=C1OC(=O)C2C3CCC(C3)C12. The van der Waals surface area contributed by atoms with Crippen LogP contribution < -0.4 is 0 Å². The minimum Gasteiger partial charge on any atom is -0.431 e. The Balaban J connectivity index is 2.03. The van der Waals surface area contributed by atoms with Crippen LogP contribution in [-0.4, -0.2) is 5.97 Å². The fourth-order valence-electron chi connectivity index (χ4n) is 3.36. The van der Waals surface area contributed by atoms with Gasteiger partial charge in [-0.1, -0.05) is 6.58 Å². The lowest BCUT2D eigenvalue weighted by molar-refractivity contribution is -0.140. The maximum atomic E-state index is 11.4. The van der Waals surface area contributed by atoms with Crippen LogP contribution in [-0.2, 0) is 9.53 Å². The van der Waals surface area contributed by atoms with Gasteiger partial charge in [0.05, 0.1) is 5.92 Å². The molecule has 2 bridgehead atoms. The van der Waals surface area contributed by atoms with Crippen molar-refractivity contribution in [3.8, 4) is 0 Å². The van der Waals surface area contributed by atoms with Crippen molar-refractivity contribution in [1.82, 2.24) is 0 Å². The molecule has 12 heavy (non-hydrogen) atoms. The summed E-state index contributed by atoms with van der Waals surface area (Å²) < 4.78 is 5.08. The summed E-state index contributed by atoms with van der Waals surface area (Å²) in [5.41, 5.74) is 0. The van der Waals surface area contributed by atoms with E-state index in [0.717, 1.165) is 5.76 Å². The maximum absolute atomic E-state index is 11.4. The van der Waals surface area contributed by atoms with Crippen molar-refractivity contribution in [2.45, 2.75) is 19.3 Å². The van der Waals surface area contributed by atoms with Crippen LogP contribution in [0.5, 0.6) is 0 Å². The second-order valence-electron chi connectivity index (χ2n) is 4.27. The fraction of sp³-hybridized carbons (Fsp3) is 0.700. The van der Waals surface area contributed by atoms with Gasteiger partial charge in [0.15, 0.2) is 0 Å². The molecule has 2 nitrogen and oxygen atoms in total. The van der Waals surface area contributed by atoms with Gasteiger partial charge >= 0.3 is 5.97 Å². The largest absolute Gasteiger partial charge is 0.431 e. The molecule has 3 aliphatic rings. The summed E-state index contributed by atoms with van der Waals surface area (Å²) in [5.74, 6) is 2.65. The highest BCUT2D eigenvalue weighted by molar-refractivity contribution is 5.78. The van der Waals surface area contributed by atoms with Crippen molar-refractivity contribution in [2.24, 2.45) is 23.7 Å². The topological polar surface area (TPSA) is 26.3 Å². The number of carbonyl (C=O) groups is 1. The number of esters is 1. The van der Waals surface area contributed by atoms with Gasteiger partial charge in [0.1, 0.15) is 5.76 Å². The molecule has 0 amide bonds. The zero-order valence-corrected chi connectivity index (χ0v) is 6.95. The molecule has 0 spiro atoms. The molecular weight excluding hydrogens is 152 g/mol. The van der Waals surface area contributed by atoms with E-state index >= 15 is 0 Å². The third-order valence-electron chi connectivity index (χ3n) is 3.79. The first-order valence-corrected chi connectivity index (χ1v) is 4.68. The van der Waals surface area contributed by atoms with Gasteiger partial charge in [-0.3, -0.25) is 4.79 Å². The fourth-order valence-corrected chi connectivity index (χ4v) is 3.36. The number of ether oxygens (including phenoxy) is 1. The van der Waals surface area contributed by atoms with E-state index < -0.39 is 0 Å². The zero-order valence-electron chi connectivity index (χ0n) is 6.95. The summed E-state index contributed by atoms with van der Waals surface area (Å²) in [4.78, 5) is 11.4. The van der Waals surface area contributed by atoms with E-state index in [2.05, 4.69) is 6.58 Å². The van der Waals surface area contributed by atoms with Crippen LogP contribution in [0, 0.1) is 23.7 Å². The van der Waals surface area contributed by atoms with Gasteiger partial charge in [-0.05, 0) is 31.1 Å². The number of hydrogen-bond donors (Lipinski definition) is 0. The number of fused-ring (bicyclic) bond motifs is 5. The summed E-state index contributed by atoms with van der Waals surface area (Å²) in [7, 11) is 0. The summed E-state index contributed by atoms with van der Waals surface area (Å²) in [5, 5.41) is 0. The summed E-state index contributed by atoms with van der Waals surface area (Å²) in [6.07, 6.45) is 3.75. The molecule has 0 aromatic heterocycles. The van der Waals surface area contributed by atoms with E-state index in [0.29, 0.717) is 17.8 Å². The van der Waals surface area contributed by atoms with Crippen LogP contribution in [0.1, 0.15) is 19.3 Å². The Labute approximate surface area is 71.6 Å². The Morgan fingerprint density at radius 2 is 1.92 bits per heavy atom. The highest BCUT2D eigenvalue weighted by atomic mass is 16.5. The average molecular weight is 164 g/mol. The molecule has 64 valence electrons. The second kappa shape index (κ2) is 1.93. The molecule has 3 fully saturated rings. The molecule has 1 aliphatic heterocycles. The first-order chi connectivity index (χ1) is 5.77. The minimum atomic E-state index is -0.00259. The highest BCUT2D eigenvalue weighted by Crippen LogP contribution is 2.57. The number of cyclic esters (lactones) is 1. The molecule has 2 aliphatic carbocycles. The molecule has 4 atom stereocenters. The van der Waals surface area contributed by atoms with Gasteiger partial charge in [-0.25, -0.2) is 0 Å². The Kier molecular flexibility index (Phi) is 1.07. The highest BCUT2D eigenvalue weighted by Gasteiger charge is 2.57. The third-order valence-corrected chi connectivity index (χ3v) is 3.79. The van der Waals surface area contributed by atoms with Crippen LogP contribution >= 0.6 is 0 Å². The van der Waals surface area contributed by atoms with Crippen molar-refractivity contribution in [1.29, 1.82) is 0 Å². The predicted octanol–water partition coefficient (Wildman–Crippen LogP) is 1.72. The van der Waals surface area contributed by atoms with E-state index in [9.17, 15) is 4.79 Å². The normalized spacial score (nSPS) is 49.7. The molecule has 3 rings (SSSR count). The molecule has 0 radical (unpaired) electrons. The smallest absolute Gasteiger partial charge is 0.315 e. The molecule has 1 heterocycles. The zero-order chi connectivity index (χ0) is 8.29. The van der Waals surface area contributed by atoms with Crippen molar-refractivity contribution < 1.29 is 9.53 Å². The first kappa shape index (κ1) is 6.70. The Hall–Kier alpha value is -0.790. The summed E-state index contributed by atoms with van der Waals surface area (Å²) >= 11 is 0. The molecule has 0 aromatic rings. The van der Waals surface area contributed by atoms with Gasteiger partial charge < -0.3 is 4.74 Å². The molecule has 1 saturated heterocycles. The van der Waals surface area contributed by atoms with E-state index in [1.165, 1.54) is 19.3 Å². The molecule has 2 heteroatoms. The number of hydrogen-bond acceptors (Lipinski definition) is 2. The molecule has 0 N–H and O–H groups in total. The quantitative estimate of drug-likeness (QED) is 0.509. The molecule has 2 saturated carbocycles. The summed E-state index contributed by atoms with van der Waals surface area (Å²) in [6.45, 7) is 3.82. The van der Waals surface area contributed by atoms with Crippen LogP contribution in [0.3, 0.4) is 0 Å². The van der Waals surface area contributed by atoms with Gasteiger partial charge in [-0.15, -0.1) is 0 Å². The second-order valence-corrected chi connectivity index (χ2v) is 4.27. The van der Waals surface area contributed by atoms with Crippen LogP contribution in [0.15, 0.2) is 12.3 Å². The molecule has 0 aromatic carbocycles. The number of carbonyl (C=O) groups excluding carboxylic acids is 1. The monoisotopic (exact) mass is 164 g/mol. The summed E-state index contributed by atoms with van der Waals surface area (Å²) in [6, 6.07) is 0. The van der Waals surface area contributed by atoms with Crippen LogP contribution in [0.25, 0.3) is 0 Å². The first-order valence-electron chi connectivity index (χ1n) is 4.68. The standard InChI is InChI=1S/C10H12O2/c1-5-8-6-2-3-7(4-6)9(8)10(11)12-5/h6-9H,1-4H2. The van der Waals surface area contributed by atoms with Gasteiger partial charge in [0, 0.05) is 5.92 Å². The predicted molar refractivity (Wildman–Crippen MR) is 43.0 cm³/mol. The van der Waals surface area contributed by atoms with Crippen molar-refractivity contribution in [3.63, 3.8) is 0 Å². The lowest BCUT2D eigenvalue weighted by atomic mass is 9.80. The van der Waals surface area contributed by atoms with Crippen molar-refractivity contribution in [3.05, 3.63) is 12.3 Å². The number of allylic oxidation sites excluding steroid dienone is 1. The van der Waals surface area contributed by atoms with Crippen molar-refractivity contribution >= 4 is 5.97 Å². The number of rotatable bonds is 0. The van der Waals surface area contributed by atoms with Gasteiger partial charge in [0.2, 0.25) is 0 Å². The van der Waals surface area contributed by atoms with Crippen molar-refractivity contribution in [2.75, 3.05) is 0 Å². The minimum absolute atomic E-state index is 0.00259.